The number of H-pyrrole nitrogens is 1. The zero-order valence-electron chi connectivity index (χ0n) is 11.3. The maximum absolute atomic E-state index is 5.72. The molecule has 0 aliphatic heterocycles. The quantitative estimate of drug-likeness (QED) is 0.613. The van der Waals surface area contributed by atoms with Gasteiger partial charge in [-0.15, -0.1) is 0 Å². The van der Waals surface area contributed by atoms with Gasteiger partial charge in [-0.1, -0.05) is 13.8 Å². The van der Waals surface area contributed by atoms with Gasteiger partial charge in [0.05, 0.1) is 18.6 Å². The maximum Gasteiger partial charge on any atom is 0.119 e. The van der Waals surface area contributed by atoms with Crippen LogP contribution in [-0.2, 0) is 6.42 Å². The lowest BCUT2D eigenvalue weighted by Gasteiger charge is -2.07. The van der Waals surface area contributed by atoms with Gasteiger partial charge < -0.3 is 9.72 Å². The predicted molar refractivity (Wildman–Crippen MR) is 85.7 cm³/mol. The summed E-state index contributed by atoms with van der Waals surface area (Å²) in [5.41, 5.74) is 2.41. The molecule has 0 bridgehead atoms. The van der Waals surface area contributed by atoms with E-state index >= 15 is 0 Å². The van der Waals surface area contributed by atoms with Crippen molar-refractivity contribution in [3.8, 4) is 5.75 Å². The molecule has 2 aromatic rings. The first kappa shape index (κ1) is 14.4. The third kappa shape index (κ3) is 4.23. The monoisotopic (exact) mass is 370 g/mol. The molecule has 0 unspecified atom stereocenters. The molecule has 0 amide bonds. The van der Waals surface area contributed by atoms with E-state index in [2.05, 4.69) is 58.5 Å². The first-order valence-electron chi connectivity index (χ1n) is 6.57. The number of aromatic nitrogens is 2. The van der Waals surface area contributed by atoms with Crippen molar-refractivity contribution in [2.24, 2.45) is 0 Å². The first-order valence-corrected chi connectivity index (χ1v) is 7.65. The highest BCUT2D eigenvalue weighted by Gasteiger charge is 2.08. The average molecular weight is 370 g/mol. The molecular formula is C15H19IN2O. The predicted octanol–water partition coefficient (Wildman–Crippen LogP) is 4.15. The minimum atomic E-state index is 0.471. The van der Waals surface area contributed by atoms with Crippen molar-refractivity contribution in [3.63, 3.8) is 0 Å². The minimum absolute atomic E-state index is 0.471. The summed E-state index contributed by atoms with van der Waals surface area (Å²) in [6, 6.07) is 8.14. The summed E-state index contributed by atoms with van der Waals surface area (Å²) in [6.45, 7) is 5.07. The van der Waals surface area contributed by atoms with E-state index in [0.717, 1.165) is 25.2 Å². The van der Waals surface area contributed by atoms with Crippen LogP contribution in [0, 0.1) is 3.57 Å². The number of ether oxygens (including phenoxy) is 1. The number of halogens is 1. The molecule has 0 aliphatic rings. The summed E-state index contributed by atoms with van der Waals surface area (Å²) >= 11 is 2.29. The number of benzene rings is 1. The third-order valence-electron chi connectivity index (χ3n) is 2.95. The number of nitrogens with one attached hydrogen (secondary N) is 1. The van der Waals surface area contributed by atoms with Gasteiger partial charge in [-0.3, -0.25) is 0 Å². The molecule has 0 spiro atoms. The Morgan fingerprint density at radius 1 is 1.26 bits per heavy atom. The van der Waals surface area contributed by atoms with Crippen molar-refractivity contribution in [1.29, 1.82) is 0 Å². The summed E-state index contributed by atoms with van der Waals surface area (Å²) in [4.78, 5) is 7.59. The lowest BCUT2D eigenvalue weighted by Crippen LogP contribution is -2.02. The van der Waals surface area contributed by atoms with Gasteiger partial charge in [-0.05, 0) is 65.6 Å². The molecular weight excluding hydrogens is 351 g/mol. The van der Waals surface area contributed by atoms with Gasteiger partial charge in [0.2, 0.25) is 0 Å². The molecule has 4 heteroatoms. The average Bonchev–Trinajstić information content (AvgIpc) is 2.85. The Morgan fingerprint density at radius 2 is 2.00 bits per heavy atom. The third-order valence-corrected chi connectivity index (χ3v) is 3.67. The number of aryl methyl sites for hydroxylation is 1. The fourth-order valence-corrected chi connectivity index (χ4v) is 2.36. The van der Waals surface area contributed by atoms with Gasteiger partial charge in [-0.2, -0.15) is 0 Å². The topological polar surface area (TPSA) is 37.9 Å². The summed E-state index contributed by atoms with van der Waals surface area (Å²) in [5.74, 6) is 1.41. The molecule has 0 fully saturated rings. The van der Waals surface area contributed by atoms with E-state index in [1.165, 1.54) is 15.0 Å². The molecule has 1 aromatic carbocycles. The Bertz CT molecular complexity index is 505. The Morgan fingerprint density at radius 3 is 2.68 bits per heavy atom. The standard InChI is InChI=1S/C15H19IN2O/c1-11(2)15-14(17-10-18-15)4-3-9-19-13-7-5-12(16)6-8-13/h5-8,10-11H,3-4,9H2,1-2H3,(H,17,18). The van der Waals surface area contributed by atoms with Crippen LogP contribution in [0.2, 0.25) is 0 Å². The SMILES string of the molecule is CC(C)c1nc[nH]c1CCCOc1ccc(I)cc1. The van der Waals surface area contributed by atoms with E-state index in [4.69, 9.17) is 4.74 Å². The van der Waals surface area contributed by atoms with Crippen LogP contribution in [0.4, 0.5) is 0 Å². The van der Waals surface area contributed by atoms with Crippen LogP contribution in [0.3, 0.4) is 0 Å². The summed E-state index contributed by atoms with van der Waals surface area (Å²) in [6.07, 6.45) is 3.76. The van der Waals surface area contributed by atoms with Crippen molar-refractivity contribution in [1.82, 2.24) is 9.97 Å². The van der Waals surface area contributed by atoms with Gasteiger partial charge in [0.15, 0.2) is 0 Å². The van der Waals surface area contributed by atoms with Crippen molar-refractivity contribution < 1.29 is 4.74 Å². The largest absolute Gasteiger partial charge is 0.494 e. The second kappa shape index (κ2) is 6.93. The Hall–Kier alpha value is -1.04. The number of hydrogen-bond acceptors (Lipinski definition) is 2. The zero-order chi connectivity index (χ0) is 13.7. The molecule has 1 aromatic heterocycles. The molecule has 2 rings (SSSR count). The molecule has 1 heterocycles. The number of imidazole rings is 1. The van der Waals surface area contributed by atoms with Gasteiger partial charge in [0.1, 0.15) is 5.75 Å². The fraction of sp³-hybridized carbons (Fsp3) is 0.400. The molecule has 3 nitrogen and oxygen atoms in total. The second-order valence-corrected chi connectivity index (χ2v) is 6.07. The molecule has 1 N–H and O–H groups in total. The summed E-state index contributed by atoms with van der Waals surface area (Å²) in [7, 11) is 0. The Kier molecular flexibility index (Phi) is 5.24. The number of rotatable bonds is 6. The summed E-state index contributed by atoms with van der Waals surface area (Å²) in [5, 5.41) is 0. The molecule has 0 radical (unpaired) electrons. The zero-order valence-corrected chi connectivity index (χ0v) is 13.5. The molecule has 0 saturated carbocycles. The molecule has 0 aliphatic carbocycles. The van der Waals surface area contributed by atoms with Crippen LogP contribution in [0.15, 0.2) is 30.6 Å². The highest BCUT2D eigenvalue weighted by molar-refractivity contribution is 14.1. The van der Waals surface area contributed by atoms with E-state index in [1.54, 1.807) is 6.33 Å². The second-order valence-electron chi connectivity index (χ2n) is 4.83. The van der Waals surface area contributed by atoms with Crippen LogP contribution < -0.4 is 4.74 Å². The van der Waals surface area contributed by atoms with Crippen LogP contribution in [0.5, 0.6) is 5.75 Å². The van der Waals surface area contributed by atoms with Crippen molar-refractivity contribution in [3.05, 3.63) is 45.6 Å². The maximum atomic E-state index is 5.72. The van der Waals surface area contributed by atoms with E-state index < -0.39 is 0 Å². The normalized spacial score (nSPS) is 10.9. The number of nitrogens with zero attached hydrogens (tertiary/aromatic N) is 1. The van der Waals surface area contributed by atoms with Crippen LogP contribution in [-0.4, -0.2) is 16.6 Å². The van der Waals surface area contributed by atoms with Crippen LogP contribution >= 0.6 is 22.6 Å². The van der Waals surface area contributed by atoms with E-state index in [9.17, 15) is 0 Å². The van der Waals surface area contributed by atoms with Gasteiger partial charge in [-0.25, -0.2) is 4.98 Å². The van der Waals surface area contributed by atoms with Gasteiger partial charge in [0.25, 0.3) is 0 Å². The molecule has 0 atom stereocenters. The van der Waals surface area contributed by atoms with Crippen LogP contribution in [0.1, 0.15) is 37.6 Å². The smallest absolute Gasteiger partial charge is 0.119 e. The highest BCUT2D eigenvalue weighted by Crippen LogP contribution is 2.17. The Balaban J connectivity index is 1.77. The first-order chi connectivity index (χ1) is 9.16. The number of aromatic amines is 1. The molecule has 102 valence electrons. The van der Waals surface area contributed by atoms with E-state index in [0.29, 0.717) is 5.92 Å². The minimum Gasteiger partial charge on any atom is -0.494 e. The summed E-state index contributed by atoms with van der Waals surface area (Å²) < 4.78 is 6.95. The van der Waals surface area contributed by atoms with Crippen LogP contribution in [0.25, 0.3) is 0 Å². The van der Waals surface area contributed by atoms with Crippen molar-refractivity contribution in [2.75, 3.05) is 6.61 Å². The number of hydrogen-bond donors (Lipinski definition) is 1. The molecule has 19 heavy (non-hydrogen) atoms. The van der Waals surface area contributed by atoms with Crippen molar-refractivity contribution >= 4 is 22.6 Å². The van der Waals surface area contributed by atoms with Crippen molar-refractivity contribution in [2.45, 2.75) is 32.6 Å². The van der Waals surface area contributed by atoms with Gasteiger partial charge >= 0.3 is 0 Å². The fourth-order valence-electron chi connectivity index (χ4n) is 2.00. The Labute approximate surface area is 127 Å². The lowest BCUT2D eigenvalue weighted by molar-refractivity contribution is 0.310. The van der Waals surface area contributed by atoms with E-state index in [-0.39, 0.29) is 0 Å². The highest BCUT2D eigenvalue weighted by atomic mass is 127. The van der Waals surface area contributed by atoms with E-state index in [1.807, 2.05) is 12.1 Å². The molecule has 0 saturated heterocycles. The lowest BCUT2D eigenvalue weighted by atomic mass is 10.1. The van der Waals surface area contributed by atoms with Gasteiger partial charge in [0, 0.05) is 9.26 Å².